The topological polar surface area (TPSA) is 68.0 Å². The number of hydrogen-bond donors (Lipinski definition) is 1. The zero-order valence-corrected chi connectivity index (χ0v) is 16.3. The molecule has 1 amide bonds. The largest absolute Gasteiger partial charge is 0.335 e. The predicted molar refractivity (Wildman–Crippen MR) is 107 cm³/mol. The van der Waals surface area contributed by atoms with Gasteiger partial charge in [-0.1, -0.05) is 18.2 Å². The second kappa shape index (κ2) is 7.05. The van der Waals surface area contributed by atoms with Crippen molar-refractivity contribution in [2.24, 2.45) is 0 Å². The number of piperidine rings is 1. The normalized spacial score (nSPS) is 19.8. The van der Waals surface area contributed by atoms with Crippen LogP contribution in [0.2, 0.25) is 0 Å². The van der Waals surface area contributed by atoms with Crippen molar-refractivity contribution < 1.29 is 4.79 Å². The van der Waals surface area contributed by atoms with Gasteiger partial charge in [-0.25, -0.2) is 0 Å². The molecule has 2 aromatic heterocycles. The Hall–Kier alpha value is -2.67. The van der Waals surface area contributed by atoms with Gasteiger partial charge in [0.1, 0.15) is 12.4 Å². The van der Waals surface area contributed by atoms with Crippen molar-refractivity contribution in [2.75, 3.05) is 19.6 Å². The Morgan fingerprint density at radius 1 is 1.25 bits per heavy atom. The fourth-order valence-electron chi connectivity index (χ4n) is 4.56. The van der Waals surface area contributed by atoms with Crippen LogP contribution in [0.4, 0.5) is 0 Å². The molecule has 28 heavy (non-hydrogen) atoms. The average molecular weight is 378 g/mol. The molecule has 1 saturated heterocycles. The molecule has 0 aliphatic carbocycles. The summed E-state index contributed by atoms with van der Waals surface area (Å²) < 4.78 is 4.34. The first kappa shape index (κ1) is 17.4. The molecule has 7 heteroatoms. The van der Waals surface area contributed by atoms with Gasteiger partial charge in [0.25, 0.3) is 0 Å². The Labute approximate surface area is 164 Å². The Bertz CT molecular complexity index is 1010. The molecule has 5 rings (SSSR count). The number of fused-ring (bicyclic) bond motifs is 2. The monoisotopic (exact) mass is 378 g/mol. The van der Waals surface area contributed by atoms with Crippen molar-refractivity contribution in [1.82, 2.24) is 29.5 Å². The molecule has 7 nitrogen and oxygen atoms in total. The first-order valence-electron chi connectivity index (χ1n) is 10.2. The molecule has 2 aliphatic heterocycles. The third kappa shape index (κ3) is 2.99. The summed E-state index contributed by atoms with van der Waals surface area (Å²) in [5.74, 6) is 2.57. The third-order valence-corrected chi connectivity index (χ3v) is 6.11. The van der Waals surface area contributed by atoms with Gasteiger partial charge in [0.15, 0.2) is 5.82 Å². The molecule has 2 aliphatic rings. The second-order valence-electron chi connectivity index (χ2n) is 7.92. The summed E-state index contributed by atoms with van der Waals surface area (Å²) in [5.41, 5.74) is 2.22. The Morgan fingerprint density at radius 2 is 2.14 bits per heavy atom. The molecule has 1 aromatic carbocycles. The maximum absolute atomic E-state index is 13.0. The van der Waals surface area contributed by atoms with E-state index in [4.69, 9.17) is 0 Å². The fraction of sp³-hybridized carbons (Fsp3) is 0.476. The Kier molecular flexibility index (Phi) is 4.39. The van der Waals surface area contributed by atoms with Gasteiger partial charge in [-0.15, -0.1) is 10.2 Å². The van der Waals surface area contributed by atoms with E-state index in [0.29, 0.717) is 19.0 Å². The second-order valence-corrected chi connectivity index (χ2v) is 7.92. The molecular formula is C21H26N6O. The quantitative estimate of drug-likeness (QED) is 0.757. The van der Waals surface area contributed by atoms with Crippen molar-refractivity contribution in [3.05, 3.63) is 47.7 Å². The zero-order chi connectivity index (χ0) is 19.1. The third-order valence-electron chi connectivity index (χ3n) is 6.11. The SMILES string of the molecule is Cc1cc2ccccc2n1CC(=O)N1CCn2c(nnc2C2CCCNC2)C1. The molecule has 1 atom stereocenters. The van der Waals surface area contributed by atoms with Gasteiger partial charge in [-0.05, 0) is 43.8 Å². The van der Waals surface area contributed by atoms with Crippen molar-refractivity contribution in [1.29, 1.82) is 0 Å². The van der Waals surface area contributed by atoms with Crippen LogP contribution in [0.1, 0.15) is 36.1 Å². The molecule has 0 radical (unpaired) electrons. The molecule has 146 valence electrons. The summed E-state index contributed by atoms with van der Waals surface area (Å²) in [7, 11) is 0. The highest BCUT2D eigenvalue weighted by molar-refractivity contribution is 5.84. The number of aromatic nitrogens is 4. The van der Waals surface area contributed by atoms with Crippen LogP contribution in [0.15, 0.2) is 30.3 Å². The summed E-state index contributed by atoms with van der Waals surface area (Å²) in [6, 6.07) is 10.4. The molecule has 4 heterocycles. The summed E-state index contributed by atoms with van der Waals surface area (Å²) in [6.07, 6.45) is 2.34. The number of hydrogen-bond acceptors (Lipinski definition) is 4. The summed E-state index contributed by atoms with van der Waals surface area (Å²) >= 11 is 0. The zero-order valence-electron chi connectivity index (χ0n) is 16.3. The van der Waals surface area contributed by atoms with Crippen LogP contribution in [0.5, 0.6) is 0 Å². The van der Waals surface area contributed by atoms with Gasteiger partial charge in [0, 0.05) is 36.8 Å². The maximum atomic E-state index is 13.0. The summed E-state index contributed by atoms with van der Waals surface area (Å²) in [6.45, 7) is 6.54. The number of nitrogens with one attached hydrogen (secondary N) is 1. The van der Waals surface area contributed by atoms with Gasteiger partial charge in [0.2, 0.25) is 5.91 Å². The maximum Gasteiger partial charge on any atom is 0.242 e. The lowest BCUT2D eigenvalue weighted by Crippen LogP contribution is -2.41. The number of nitrogens with zero attached hydrogens (tertiary/aromatic N) is 5. The highest BCUT2D eigenvalue weighted by Crippen LogP contribution is 2.25. The minimum Gasteiger partial charge on any atom is -0.335 e. The van der Waals surface area contributed by atoms with Crippen LogP contribution >= 0.6 is 0 Å². The number of rotatable bonds is 3. The van der Waals surface area contributed by atoms with Crippen molar-refractivity contribution in [3.8, 4) is 0 Å². The van der Waals surface area contributed by atoms with Crippen LogP contribution in [-0.4, -0.2) is 49.8 Å². The smallest absolute Gasteiger partial charge is 0.242 e. The van der Waals surface area contributed by atoms with Crippen LogP contribution in [-0.2, 0) is 24.4 Å². The molecular weight excluding hydrogens is 352 g/mol. The number of carbonyl (C=O) groups is 1. The lowest BCUT2D eigenvalue weighted by atomic mass is 9.99. The van der Waals surface area contributed by atoms with Crippen LogP contribution in [0.25, 0.3) is 10.9 Å². The Balaban J connectivity index is 1.33. The predicted octanol–water partition coefficient (Wildman–Crippen LogP) is 2.05. The average Bonchev–Trinajstić information content (AvgIpc) is 3.29. The molecule has 0 spiro atoms. The molecule has 0 bridgehead atoms. The first-order chi connectivity index (χ1) is 13.7. The lowest BCUT2D eigenvalue weighted by molar-refractivity contribution is -0.133. The van der Waals surface area contributed by atoms with E-state index in [1.165, 1.54) is 11.8 Å². The molecule has 1 N–H and O–H groups in total. The molecule has 3 aromatic rings. The molecule has 1 unspecified atom stereocenters. The lowest BCUT2D eigenvalue weighted by Gasteiger charge is -2.30. The standard InChI is InChI=1S/C21H26N6O/c1-15-11-16-5-2-3-7-18(16)27(15)14-20(28)25-9-10-26-19(13-25)23-24-21(26)17-6-4-8-22-12-17/h2-3,5,7,11,17,22H,4,6,8-10,12-14H2,1H3. The number of benzene rings is 1. The number of aryl methyl sites for hydroxylation is 1. The van der Waals surface area contributed by atoms with Crippen LogP contribution < -0.4 is 5.32 Å². The van der Waals surface area contributed by atoms with E-state index in [1.807, 2.05) is 17.0 Å². The van der Waals surface area contributed by atoms with Crippen molar-refractivity contribution in [2.45, 2.75) is 45.3 Å². The van der Waals surface area contributed by atoms with E-state index in [2.05, 4.69) is 49.8 Å². The number of amides is 1. The van der Waals surface area contributed by atoms with Crippen molar-refractivity contribution >= 4 is 16.8 Å². The van der Waals surface area contributed by atoms with E-state index in [1.54, 1.807) is 0 Å². The number of carbonyl (C=O) groups excluding carboxylic acids is 1. The Morgan fingerprint density at radius 3 is 3.00 bits per heavy atom. The van der Waals surface area contributed by atoms with E-state index in [0.717, 1.165) is 55.5 Å². The van der Waals surface area contributed by atoms with Gasteiger partial charge in [-0.3, -0.25) is 4.79 Å². The number of para-hydroxylation sites is 1. The van der Waals surface area contributed by atoms with E-state index in [-0.39, 0.29) is 5.91 Å². The van der Waals surface area contributed by atoms with E-state index < -0.39 is 0 Å². The fourth-order valence-corrected chi connectivity index (χ4v) is 4.56. The van der Waals surface area contributed by atoms with E-state index >= 15 is 0 Å². The molecule has 1 fully saturated rings. The highest BCUT2D eigenvalue weighted by atomic mass is 16.2. The van der Waals surface area contributed by atoms with Gasteiger partial charge in [0.05, 0.1) is 6.54 Å². The van der Waals surface area contributed by atoms with Crippen molar-refractivity contribution in [3.63, 3.8) is 0 Å². The summed E-state index contributed by atoms with van der Waals surface area (Å²) in [5, 5.41) is 13.5. The van der Waals surface area contributed by atoms with Gasteiger partial charge < -0.3 is 19.4 Å². The minimum atomic E-state index is 0.139. The molecule has 0 saturated carbocycles. The summed E-state index contributed by atoms with van der Waals surface area (Å²) in [4.78, 5) is 14.9. The van der Waals surface area contributed by atoms with Gasteiger partial charge >= 0.3 is 0 Å². The van der Waals surface area contributed by atoms with Gasteiger partial charge in [-0.2, -0.15) is 0 Å². The highest BCUT2D eigenvalue weighted by Gasteiger charge is 2.28. The first-order valence-corrected chi connectivity index (χ1v) is 10.2. The van der Waals surface area contributed by atoms with E-state index in [9.17, 15) is 4.79 Å². The van der Waals surface area contributed by atoms with Crippen LogP contribution in [0.3, 0.4) is 0 Å². The van der Waals surface area contributed by atoms with Crippen LogP contribution in [0, 0.1) is 6.92 Å². The minimum absolute atomic E-state index is 0.139.